The normalized spacial score (nSPS) is 16.8. The predicted molar refractivity (Wildman–Crippen MR) is 112 cm³/mol. The Balaban J connectivity index is 1.49. The molecule has 1 N–H and O–H groups in total. The average molecular weight is 394 g/mol. The fraction of sp³-hybridized carbons (Fsp3) is 0.409. The first kappa shape index (κ1) is 19.2. The zero-order valence-corrected chi connectivity index (χ0v) is 17.1. The molecule has 2 aromatic heterocycles. The Labute approximate surface area is 170 Å². The second kappa shape index (κ2) is 8.11. The number of fused-ring (bicyclic) bond motifs is 1. The van der Waals surface area contributed by atoms with Crippen molar-refractivity contribution in [2.75, 3.05) is 29.9 Å². The van der Waals surface area contributed by atoms with Crippen LogP contribution in [-0.2, 0) is 4.79 Å². The van der Waals surface area contributed by atoms with Gasteiger partial charge in [-0.2, -0.15) is 0 Å². The molecule has 0 radical (unpaired) electrons. The minimum absolute atomic E-state index is 0.0317. The smallest absolute Gasteiger partial charge is 0.231 e. The molecule has 0 saturated carbocycles. The lowest BCUT2D eigenvalue weighted by Crippen LogP contribution is -2.41. The molecule has 1 atom stereocenters. The van der Waals surface area contributed by atoms with Crippen LogP contribution < -0.4 is 15.0 Å². The molecule has 1 saturated heterocycles. The first-order valence-corrected chi connectivity index (χ1v) is 10.1. The highest BCUT2D eigenvalue weighted by atomic mass is 16.5. The van der Waals surface area contributed by atoms with Crippen LogP contribution in [0.15, 0.2) is 35.0 Å². The molecule has 7 nitrogen and oxygen atoms in total. The quantitative estimate of drug-likeness (QED) is 0.702. The third-order valence-electron chi connectivity index (χ3n) is 5.47. The van der Waals surface area contributed by atoms with Crippen LogP contribution in [0, 0.1) is 19.8 Å². The number of carbonyl (C=O) groups excluding carboxylic acids is 1. The number of ether oxygens (including phenoxy) is 1. The third-order valence-corrected chi connectivity index (χ3v) is 5.47. The van der Waals surface area contributed by atoms with E-state index < -0.39 is 0 Å². The van der Waals surface area contributed by atoms with Crippen molar-refractivity contribution in [1.29, 1.82) is 0 Å². The fourth-order valence-corrected chi connectivity index (χ4v) is 3.83. The lowest BCUT2D eigenvalue weighted by Gasteiger charge is -2.33. The second-order valence-corrected chi connectivity index (χ2v) is 7.39. The number of furan rings is 1. The van der Waals surface area contributed by atoms with E-state index in [1.807, 2.05) is 45.0 Å². The average Bonchev–Trinajstić information content (AvgIpc) is 3.03. The van der Waals surface area contributed by atoms with Gasteiger partial charge in [0.1, 0.15) is 23.7 Å². The number of hydrogen-bond donors (Lipinski definition) is 1. The van der Waals surface area contributed by atoms with Gasteiger partial charge in [0.2, 0.25) is 11.6 Å². The third kappa shape index (κ3) is 3.90. The standard InChI is InChI=1S/C22H26N4O3/c1-4-28-18-9-7-17(8-10-18)25-21(27)16-6-5-11-26(12-16)20-19-14(2)15(3)29-22(19)24-13-23-20/h7-10,13,16H,4-6,11-12H2,1-3H3,(H,25,27)/t16-/m1/s1. The van der Waals surface area contributed by atoms with Crippen molar-refractivity contribution in [2.45, 2.75) is 33.6 Å². The maximum absolute atomic E-state index is 12.9. The largest absolute Gasteiger partial charge is 0.494 e. The summed E-state index contributed by atoms with van der Waals surface area (Å²) in [5, 5.41) is 3.98. The summed E-state index contributed by atoms with van der Waals surface area (Å²) in [5.74, 6) is 2.43. The summed E-state index contributed by atoms with van der Waals surface area (Å²) >= 11 is 0. The zero-order valence-electron chi connectivity index (χ0n) is 17.1. The van der Waals surface area contributed by atoms with Gasteiger partial charge in [0, 0.05) is 24.3 Å². The molecule has 1 fully saturated rings. The van der Waals surface area contributed by atoms with Crippen molar-refractivity contribution >= 4 is 28.5 Å². The van der Waals surface area contributed by atoms with Crippen molar-refractivity contribution in [3.8, 4) is 5.75 Å². The Morgan fingerprint density at radius 3 is 2.83 bits per heavy atom. The van der Waals surface area contributed by atoms with Crippen LogP contribution >= 0.6 is 0 Å². The SMILES string of the molecule is CCOc1ccc(NC(=O)[C@@H]2CCCN(c3ncnc4oc(C)c(C)c34)C2)cc1. The summed E-state index contributed by atoms with van der Waals surface area (Å²) in [6.07, 6.45) is 3.32. The van der Waals surface area contributed by atoms with Crippen LogP contribution in [-0.4, -0.2) is 35.6 Å². The van der Waals surface area contributed by atoms with Gasteiger partial charge in [-0.05, 0) is 57.9 Å². The second-order valence-electron chi connectivity index (χ2n) is 7.39. The lowest BCUT2D eigenvalue weighted by molar-refractivity contribution is -0.120. The van der Waals surface area contributed by atoms with Crippen LogP contribution in [0.2, 0.25) is 0 Å². The summed E-state index contributed by atoms with van der Waals surface area (Å²) in [6.45, 7) is 8.01. The van der Waals surface area contributed by atoms with Crippen LogP contribution in [0.25, 0.3) is 11.1 Å². The van der Waals surface area contributed by atoms with E-state index >= 15 is 0 Å². The number of aromatic nitrogens is 2. The Bertz CT molecular complexity index is 1010. The predicted octanol–water partition coefficient (Wildman–Crippen LogP) is 4.09. The van der Waals surface area contributed by atoms with Crippen LogP contribution in [0.1, 0.15) is 31.1 Å². The maximum atomic E-state index is 12.9. The Hall–Kier alpha value is -3.09. The number of amides is 1. The molecule has 1 aromatic carbocycles. The number of hydrogen-bond acceptors (Lipinski definition) is 6. The van der Waals surface area contributed by atoms with Gasteiger partial charge in [0.15, 0.2) is 0 Å². The minimum atomic E-state index is -0.103. The number of carbonyl (C=O) groups is 1. The number of nitrogens with one attached hydrogen (secondary N) is 1. The monoisotopic (exact) mass is 394 g/mol. The topological polar surface area (TPSA) is 80.5 Å². The number of aryl methyl sites for hydroxylation is 2. The number of piperidine rings is 1. The Morgan fingerprint density at radius 1 is 1.28 bits per heavy atom. The highest BCUT2D eigenvalue weighted by Gasteiger charge is 2.28. The molecule has 0 aliphatic carbocycles. The van der Waals surface area contributed by atoms with Crippen LogP contribution in [0.3, 0.4) is 0 Å². The first-order chi connectivity index (χ1) is 14.1. The van der Waals surface area contributed by atoms with Crippen molar-refractivity contribution in [2.24, 2.45) is 5.92 Å². The molecule has 152 valence electrons. The van der Waals surface area contributed by atoms with E-state index in [1.54, 1.807) is 0 Å². The molecule has 3 aromatic rings. The number of rotatable bonds is 5. The molecule has 29 heavy (non-hydrogen) atoms. The minimum Gasteiger partial charge on any atom is -0.494 e. The lowest BCUT2D eigenvalue weighted by atomic mass is 9.96. The highest BCUT2D eigenvalue weighted by Crippen LogP contribution is 2.32. The van der Waals surface area contributed by atoms with Gasteiger partial charge in [-0.1, -0.05) is 0 Å². The summed E-state index contributed by atoms with van der Waals surface area (Å²) in [4.78, 5) is 23.8. The van der Waals surface area contributed by atoms with E-state index in [-0.39, 0.29) is 11.8 Å². The van der Waals surface area contributed by atoms with E-state index in [9.17, 15) is 4.79 Å². The molecule has 0 spiro atoms. The fourth-order valence-electron chi connectivity index (χ4n) is 3.83. The number of benzene rings is 1. The summed E-state index contributed by atoms with van der Waals surface area (Å²) in [5.41, 5.74) is 2.43. The van der Waals surface area contributed by atoms with E-state index in [4.69, 9.17) is 9.15 Å². The number of anilines is 2. The van der Waals surface area contributed by atoms with Gasteiger partial charge in [-0.15, -0.1) is 0 Å². The number of nitrogens with zero attached hydrogens (tertiary/aromatic N) is 3. The van der Waals surface area contributed by atoms with E-state index in [0.29, 0.717) is 18.9 Å². The van der Waals surface area contributed by atoms with Gasteiger partial charge in [-0.3, -0.25) is 4.79 Å². The van der Waals surface area contributed by atoms with Gasteiger partial charge in [-0.25, -0.2) is 9.97 Å². The molecule has 0 bridgehead atoms. The molecular formula is C22H26N4O3. The zero-order chi connectivity index (χ0) is 20.4. The van der Waals surface area contributed by atoms with Crippen molar-refractivity contribution < 1.29 is 13.9 Å². The Morgan fingerprint density at radius 2 is 2.07 bits per heavy atom. The van der Waals surface area contributed by atoms with Crippen molar-refractivity contribution in [1.82, 2.24) is 9.97 Å². The molecule has 1 aliphatic heterocycles. The highest BCUT2D eigenvalue weighted by molar-refractivity contribution is 5.94. The molecular weight excluding hydrogens is 368 g/mol. The van der Waals surface area contributed by atoms with Crippen LogP contribution in [0.5, 0.6) is 5.75 Å². The van der Waals surface area contributed by atoms with Gasteiger partial charge in [0.25, 0.3) is 0 Å². The van der Waals surface area contributed by atoms with E-state index in [0.717, 1.165) is 53.4 Å². The van der Waals surface area contributed by atoms with E-state index in [1.165, 1.54) is 6.33 Å². The molecule has 0 unspecified atom stereocenters. The van der Waals surface area contributed by atoms with Gasteiger partial charge < -0.3 is 19.4 Å². The summed E-state index contributed by atoms with van der Waals surface area (Å²) in [7, 11) is 0. The summed E-state index contributed by atoms with van der Waals surface area (Å²) in [6, 6.07) is 7.48. The van der Waals surface area contributed by atoms with E-state index in [2.05, 4.69) is 20.2 Å². The van der Waals surface area contributed by atoms with Gasteiger partial charge in [0.05, 0.1) is 17.9 Å². The maximum Gasteiger partial charge on any atom is 0.231 e. The molecule has 1 amide bonds. The Kier molecular flexibility index (Phi) is 5.38. The van der Waals surface area contributed by atoms with Crippen molar-refractivity contribution in [3.05, 3.63) is 41.9 Å². The van der Waals surface area contributed by atoms with Crippen molar-refractivity contribution in [3.63, 3.8) is 0 Å². The summed E-state index contributed by atoms with van der Waals surface area (Å²) < 4.78 is 11.2. The first-order valence-electron chi connectivity index (χ1n) is 10.1. The van der Waals surface area contributed by atoms with Gasteiger partial charge >= 0.3 is 0 Å². The molecule has 4 rings (SSSR count). The molecule has 1 aliphatic rings. The molecule has 7 heteroatoms. The van der Waals surface area contributed by atoms with Crippen LogP contribution in [0.4, 0.5) is 11.5 Å². The molecule has 3 heterocycles.